The van der Waals surface area contributed by atoms with E-state index >= 15 is 0 Å². The predicted octanol–water partition coefficient (Wildman–Crippen LogP) is 3.49. The van der Waals surface area contributed by atoms with Crippen LogP contribution in [-0.4, -0.2) is 29.6 Å². The Morgan fingerprint density at radius 2 is 1.84 bits per heavy atom. The first-order valence-electron chi connectivity index (χ1n) is 7.61. The van der Waals surface area contributed by atoms with E-state index in [0.717, 1.165) is 62.8 Å². The second-order valence-corrected chi connectivity index (χ2v) is 4.78. The van der Waals surface area contributed by atoms with Gasteiger partial charge in [-0.15, -0.1) is 0 Å². The lowest BCUT2D eigenvalue weighted by Crippen LogP contribution is -2.25. The summed E-state index contributed by atoms with van der Waals surface area (Å²) in [6.07, 6.45) is 4.27. The van der Waals surface area contributed by atoms with Gasteiger partial charge in [0.1, 0.15) is 17.5 Å². The van der Waals surface area contributed by atoms with Gasteiger partial charge in [-0.25, -0.2) is 9.97 Å². The van der Waals surface area contributed by atoms with E-state index in [2.05, 4.69) is 49.0 Å². The Balaban J connectivity index is 2.96. The molecule has 1 rings (SSSR count). The fraction of sp³-hybridized carbons (Fsp3) is 0.733. The molecule has 4 nitrogen and oxygen atoms in total. The molecule has 1 N–H and O–H groups in total. The number of nitrogens with one attached hydrogen (secondary N) is 1. The maximum Gasteiger partial charge on any atom is 0.134 e. The van der Waals surface area contributed by atoms with E-state index in [1.54, 1.807) is 0 Å². The lowest BCUT2D eigenvalue weighted by Gasteiger charge is -2.22. The van der Waals surface area contributed by atoms with Crippen molar-refractivity contribution < 1.29 is 0 Å². The van der Waals surface area contributed by atoms with Crippen LogP contribution in [-0.2, 0) is 6.42 Å². The van der Waals surface area contributed by atoms with Crippen molar-refractivity contribution in [1.82, 2.24) is 9.97 Å². The van der Waals surface area contributed by atoms with Gasteiger partial charge < -0.3 is 10.2 Å². The Kier molecular flexibility index (Phi) is 7.23. The highest BCUT2D eigenvalue weighted by Crippen LogP contribution is 2.17. The minimum atomic E-state index is 0.943. The van der Waals surface area contributed by atoms with Gasteiger partial charge in [0.25, 0.3) is 0 Å². The molecule has 1 aromatic rings. The summed E-state index contributed by atoms with van der Waals surface area (Å²) >= 11 is 0. The highest BCUT2D eigenvalue weighted by Gasteiger charge is 2.09. The van der Waals surface area contributed by atoms with Crippen LogP contribution < -0.4 is 10.2 Å². The standard InChI is InChI=1S/C15H28N4/c1-5-9-13-17-14(16-10-6-2)12-15(18-13)19(8-4)11-7-3/h12H,5-11H2,1-4H3,(H,16,17,18). The van der Waals surface area contributed by atoms with Crippen molar-refractivity contribution >= 4 is 11.6 Å². The smallest absolute Gasteiger partial charge is 0.134 e. The number of hydrogen-bond donors (Lipinski definition) is 1. The van der Waals surface area contributed by atoms with Crippen molar-refractivity contribution in [3.63, 3.8) is 0 Å². The maximum atomic E-state index is 4.70. The van der Waals surface area contributed by atoms with Crippen LogP contribution in [0.25, 0.3) is 0 Å². The average molecular weight is 264 g/mol. The van der Waals surface area contributed by atoms with Crippen molar-refractivity contribution in [2.75, 3.05) is 29.9 Å². The average Bonchev–Trinajstić information content (AvgIpc) is 2.42. The summed E-state index contributed by atoms with van der Waals surface area (Å²) in [5, 5.41) is 3.38. The van der Waals surface area contributed by atoms with E-state index in [4.69, 9.17) is 4.98 Å². The molecule has 4 heteroatoms. The van der Waals surface area contributed by atoms with Gasteiger partial charge in [0, 0.05) is 32.1 Å². The third kappa shape index (κ3) is 5.05. The highest BCUT2D eigenvalue weighted by molar-refractivity contribution is 5.49. The summed E-state index contributed by atoms with van der Waals surface area (Å²) in [6.45, 7) is 11.7. The molecule has 0 aliphatic carbocycles. The monoisotopic (exact) mass is 264 g/mol. The molecule has 0 spiro atoms. The normalized spacial score (nSPS) is 10.5. The molecule has 0 aliphatic rings. The fourth-order valence-corrected chi connectivity index (χ4v) is 2.03. The third-order valence-corrected chi connectivity index (χ3v) is 2.99. The summed E-state index contributed by atoms with van der Waals surface area (Å²) < 4.78 is 0. The van der Waals surface area contributed by atoms with E-state index in [-0.39, 0.29) is 0 Å². The number of nitrogens with zero attached hydrogens (tertiary/aromatic N) is 3. The predicted molar refractivity (Wildman–Crippen MR) is 83.0 cm³/mol. The molecule has 1 heterocycles. The van der Waals surface area contributed by atoms with Crippen LogP contribution >= 0.6 is 0 Å². The Hall–Kier alpha value is -1.32. The molecule has 0 saturated heterocycles. The zero-order valence-corrected chi connectivity index (χ0v) is 12.9. The molecule has 1 aromatic heterocycles. The molecule has 19 heavy (non-hydrogen) atoms. The molecular weight excluding hydrogens is 236 g/mol. The number of rotatable bonds is 9. The quantitative estimate of drug-likeness (QED) is 0.741. The highest BCUT2D eigenvalue weighted by atomic mass is 15.2. The molecule has 0 fully saturated rings. The lowest BCUT2D eigenvalue weighted by atomic mass is 10.3. The Labute approximate surface area is 117 Å². The molecule has 0 bridgehead atoms. The van der Waals surface area contributed by atoms with Gasteiger partial charge in [-0.3, -0.25) is 0 Å². The fourth-order valence-electron chi connectivity index (χ4n) is 2.03. The first-order chi connectivity index (χ1) is 9.24. The number of aromatic nitrogens is 2. The molecule has 0 saturated carbocycles. The molecule has 0 amide bonds. The number of anilines is 2. The molecular formula is C15H28N4. The van der Waals surface area contributed by atoms with Crippen molar-refractivity contribution in [3.8, 4) is 0 Å². The largest absolute Gasteiger partial charge is 0.370 e. The van der Waals surface area contributed by atoms with Crippen LogP contribution in [0, 0.1) is 0 Å². The Morgan fingerprint density at radius 3 is 2.42 bits per heavy atom. The molecule has 0 aromatic carbocycles. The van der Waals surface area contributed by atoms with Gasteiger partial charge in [0.2, 0.25) is 0 Å². The first-order valence-corrected chi connectivity index (χ1v) is 7.61. The maximum absolute atomic E-state index is 4.70. The lowest BCUT2D eigenvalue weighted by molar-refractivity contribution is 0.759. The Bertz CT molecular complexity index is 365. The van der Waals surface area contributed by atoms with Crippen molar-refractivity contribution in [1.29, 1.82) is 0 Å². The van der Waals surface area contributed by atoms with Crippen LogP contribution in [0.15, 0.2) is 6.07 Å². The van der Waals surface area contributed by atoms with Crippen LogP contribution in [0.3, 0.4) is 0 Å². The van der Waals surface area contributed by atoms with Gasteiger partial charge >= 0.3 is 0 Å². The second-order valence-electron chi connectivity index (χ2n) is 4.78. The van der Waals surface area contributed by atoms with E-state index < -0.39 is 0 Å². The van der Waals surface area contributed by atoms with Crippen LogP contribution in [0.1, 0.15) is 52.8 Å². The summed E-state index contributed by atoms with van der Waals surface area (Å²) in [7, 11) is 0. The zero-order chi connectivity index (χ0) is 14.1. The minimum Gasteiger partial charge on any atom is -0.370 e. The van der Waals surface area contributed by atoms with Gasteiger partial charge in [-0.2, -0.15) is 0 Å². The van der Waals surface area contributed by atoms with Crippen molar-refractivity contribution in [2.45, 2.75) is 53.4 Å². The van der Waals surface area contributed by atoms with Crippen LogP contribution in [0.4, 0.5) is 11.6 Å². The summed E-state index contributed by atoms with van der Waals surface area (Å²) in [5.41, 5.74) is 0. The number of hydrogen-bond acceptors (Lipinski definition) is 4. The third-order valence-electron chi connectivity index (χ3n) is 2.99. The molecule has 0 aliphatic heterocycles. The zero-order valence-electron chi connectivity index (χ0n) is 12.9. The Morgan fingerprint density at radius 1 is 1.05 bits per heavy atom. The first kappa shape index (κ1) is 15.7. The van der Waals surface area contributed by atoms with E-state index in [0.29, 0.717) is 0 Å². The summed E-state index contributed by atoms with van der Waals surface area (Å²) in [4.78, 5) is 11.6. The van der Waals surface area contributed by atoms with Gasteiger partial charge in [0.05, 0.1) is 0 Å². The van der Waals surface area contributed by atoms with Gasteiger partial charge in [-0.1, -0.05) is 20.8 Å². The van der Waals surface area contributed by atoms with Gasteiger partial charge in [0.15, 0.2) is 0 Å². The topological polar surface area (TPSA) is 41.0 Å². The number of aryl methyl sites for hydroxylation is 1. The molecule has 0 radical (unpaired) electrons. The van der Waals surface area contributed by atoms with E-state index in [1.807, 2.05) is 0 Å². The van der Waals surface area contributed by atoms with E-state index in [9.17, 15) is 0 Å². The van der Waals surface area contributed by atoms with Crippen molar-refractivity contribution in [2.24, 2.45) is 0 Å². The molecule has 0 unspecified atom stereocenters. The van der Waals surface area contributed by atoms with Crippen LogP contribution in [0.2, 0.25) is 0 Å². The summed E-state index contributed by atoms with van der Waals surface area (Å²) in [5.74, 6) is 2.97. The summed E-state index contributed by atoms with van der Waals surface area (Å²) in [6, 6.07) is 2.08. The second kappa shape index (κ2) is 8.73. The van der Waals surface area contributed by atoms with Crippen LogP contribution in [0.5, 0.6) is 0 Å². The molecule has 0 atom stereocenters. The van der Waals surface area contributed by atoms with Crippen molar-refractivity contribution in [3.05, 3.63) is 11.9 Å². The molecule has 108 valence electrons. The SMILES string of the molecule is CCCNc1cc(N(CC)CCC)nc(CCC)n1. The van der Waals surface area contributed by atoms with E-state index in [1.165, 1.54) is 0 Å². The minimum absolute atomic E-state index is 0.943. The van der Waals surface area contributed by atoms with Gasteiger partial charge in [-0.05, 0) is 26.2 Å².